The lowest BCUT2D eigenvalue weighted by Crippen LogP contribution is -2.58. The Morgan fingerprint density at radius 1 is 1.27 bits per heavy atom. The van der Waals surface area contributed by atoms with Gasteiger partial charge < -0.3 is 14.4 Å². The van der Waals surface area contributed by atoms with Crippen molar-refractivity contribution in [3.05, 3.63) is 47.5 Å². The topological polar surface area (TPSA) is 50.5 Å². The van der Waals surface area contributed by atoms with E-state index < -0.39 is 5.60 Å². The maximum absolute atomic E-state index is 11.7. The molecular formula is C21H29N3O2. The summed E-state index contributed by atoms with van der Waals surface area (Å²) in [5.41, 5.74) is 1.68. The van der Waals surface area contributed by atoms with Crippen LogP contribution in [0.15, 0.2) is 30.6 Å². The molecule has 0 amide bonds. The monoisotopic (exact) mass is 355 g/mol. The van der Waals surface area contributed by atoms with E-state index >= 15 is 0 Å². The van der Waals surface area contributed by atoms with Crippen molar-refractivity contribution in [3.8, 4) is 5.75 Å². The summed E-state index contributed by atoms with van der Waals surface area (Å²) >= 11 is 0. The standard InChI is InChI=1S/C21H29N3O2/c1-15-7-8-19(26-3)16(11-15)12-24-13-17-5-4-6-18(14-24)21(17,25)20-22-9-10-23(20)2/h7-11,17-18,25H,4-6,12-14H2,1-3H3. The molecule has 1 aliphatic heterocycles. The Balaban J connectivity index is 1.59. The number of aromatic nitrogens is 2. The molecule has 0 radical (unpaired) electrons. The van der Waals surface area contributed by atoms with Gasteiger partial charge in [-0.05, 0) is 25.8 Å². The SMILES string of the molecule is COc1ccc(C)cc1CN1CC2CCCC(C1)C2(O)c1nccn1C. The Labute approximate surface area is 155 Å². The third-order valence-electron chi connectivity index (χ3n) is 6.32. The summed E-state index contributed by atoms with van der Waals surface area (Å²) in [5.74, 6) is 2.24. The molecule has 1 aliphatic carbocycles. The third kappa shape index (κ3) is 2.83. The summed E-state index contributed by atoms with van der Waals surface area (Å²) in [5, 5.41) is 11.7. The lowest BCUT2D eigenvalue weighted by Gasteiger charge is -2.52. The number of nitrogens with zero attached hydrogens (tertiary/aromatic N) is 3. The van der Waals surface area contributed by atoms with Gasteiger partial charge in [0.15, 0.2) is 0 Å². The van der Waals surface area contributed by atoms with E-state index in [9.17, 15) is 5.11 Å². The van der Waals surface area contributed by atoms with Gasteiger partial charge >= 0.3 is 0 Å². The Hall–Kier alpha value is -1.85. The van der Waals surface area contributed by atoms with Crippen molar-refractivity contribution < 1.29 is 9.84 Å². The van der Waals surface area contributed by atoms with Crippen LogP contribution in [0.25, 0.3) is 0 Å². The molecular weight excluding hydrogens is 326 g/mol. The second kappa shape index (κ2) is 6.71. The number of methoxy groups -OCH3 is 1. The van der Waals surface area contributed by atoms with E-state index in [2.05, 4.69) is 35.0 Å². The van der Waals surface area contributed by atoms with E-state index in [0.29, 0.717) is 0 Å². The molecule has 2 aliphatic rings. The van der Waals surface area contributed by atoms with Crippen LogP contribution >= 0.6 is 0 Å². The molecule has 4 rings (SSSR count). The normalized spacial score (nSPS) is 28.9. The van der Waals surface area contributed by atoms with Crippen LogP contribution in [0.2, 0.25) is 0 Å². The number of hydrogen-bond acceptors (Lipinski definition) is 4. The molecule has 2 fully saturated rings. The van der Waals surface area contributed by atoms with Crippen LogP contribution in [0.3, 0.4) is 0 Å². The first kappa shape index (κ1) is 17.6. The first-order valence-corrected chi connectivity index (χ1v) is 9.58. The molecule has 1 saturated carbocycles. The molecule has 1 aromatic heterocycles. The summed E-state index contributed by atoms with van der Waals surface area (Å²) in [4.78, 5) is 7.01. The zero-order valence-electron chi connectivity index (χ0n) is 16.0. The number of benzene rings is 1. The largest absolute Gasteiger partial charge is 0.496 e. The number of hydrogen-bond donors (Lipinski definition) is 1. The number of rotatable bonds is 4. The molecule has 2 heterocycles. The van der Waals surface area contributed by atoms with Gasteiger partial charge in [-0.3, -0.25) is 4.90 Å². The molecule has 5 nitrogen and oxygen atoms in total. The molecule has 1 aromatic carbocycles. The second-order valence-corrected chi connectivity index (χ2v) is 8.02. The van der Waals surface area contributed by atoms with Crippen molar-refractivity contribution in [2.24, 2.45) is 18.9 Å². The third-order valence-corrected chi connectivity index (χ3v) is 6.32. The number of imidazole rings is 1. The summed E-state index contributed by atoms with van der Waals surface area (Å²) in [6, 6.07) is 6.36. The second-order valence-electron chi connectivity index (χ2n) is 8.02. The van der Waals surface area contributed by atoms with Gasteiger partial charge in [-0.15, -0.1) is 0 Å². The number of piperidine rings is 1. The van der Waals surface area contributed by atoms with Crippen molar-refractivity contribution >= 4 is 0 Å². The highest BCUT2D eigenvalue weighted by atomic mass is 16.5. The lowest BCUT2D eigenvalue weighted by atomic mass is 9.65. The highest BCUT2D eigenvalue weighted by Gasteiger charge is 2.53. The molecule has 2 atom stereocenters. The molecule has 5 heteroatoms. The quantitative estimate of drug-likeness (QED) is 0.916. The molecule has 1 N–H and O–H groups in total. The van der Waals surface area contributed by atoms with Crippen molar-refractivity contribution in [1.29, 1.82) is 0 Å². The zero-order valence-corrected chi connectivity index (χ0v) is 16.0. The smallest absolute Gasteiger partial charge is 0.141 e. The van der Waals surface area contributed by atoms with Crippen molar-refractivity contribution in [1.82, 2.24) is 14.5 Å². The average molecular weight is 355 g/mol. The van der Waals surface area contributed by atoms with Gasteiger partial charge in [0.1, 0.15) is 17.2 Å². The fourth-order valence-electron chi connectivity index (χ4n) is 5.06. The first-order valence-electron chi connectivity index (χ1n) is 9.58. The molecule has 1 saturated heterocycles. The fraction of sp³-hybridized carbons (Fsp3) is 0.571. The van der Waals surface area contributed by atoms with Gasteiger partial charge in [-0.25, -0.2) is 4.98 Å². The number of aliphatic hydroxyl groups is 1. The van der Waals surface area contributed by atoms with Crippen LogP contribution in [0, 0.1) is 18.8 Å². The Bertz CT molecular complexity index is 771. The van der Waals surface area contributed by atoms with Crippen molar-refractivity contribution in [2.75, 3.05) is 20.2 Å². The molecule has 26 heavy (non-hydrogen) atoms. The van der Waals surface area contributed by atoms with E-state index in [1.807, 2.05) is 17.8 Å². The van der Waals surface area contributed by atoms with Crippen LogP contribution in [0.5, 0.6) is 5.75 Å². The summed E-state index contributed by atoms with van der Waals surface area (Å²) < 4.78 is 7.55. The molecule has 2 unspecified atom stereocenters. The Kier molecular flexibility index (Phi) is 4.53. The summed E-state index contributed by atoms with van der Waals surface area (Å²) in [6.45, 7) is 4.79. The molecule has 2 aromatic rings. The van der Waals surface area contributed by atoms with E-state index in [4.69, 9.17) is 4.74 Å². The summed E-state index contributed by atoms with van der Waals surface area (Å²) in [6.07, 6.45) is 7.05. The highest BCUT2D eigenvalue weighted by Crippen LogP contribution is 2.48. The minimum absolute atomic E-state index is 0.229. The van der Waals surface area contributed by atoms with Crippen LogP contribution < -0.4 is 4.74 Å². The number of ether oxygens (including phenoxy) is 1. The number of likely N-dealkylation sites (tertiary alicyclic amines) is 1. The van der Waals surface area contributed by atoms with Crippen LogP contribution in [0.4, 0.5) is 0 Å². The van der Waals surface area contributed by atoms with E-state index in [1.54, 1.807) is 13.3 Å². The van der Waals surface area contributed by atoms with Gasteiger partial charge in [0, 0.05) is 56.5 Å². The van der Waals surface area contributed by atoms with Gasteiger partial charge in [0.25, 0.3) is 0 Å². The number of fused-ring (bicyclic) bond motifs is 2. The van der Waals surface area contributed by atoms with E-state index in [0.717, 1.165) is 44.0 Å². The van der Waals surface area contributed by atoms with Crippen LogP contribution in [-0.2, 0) is 19.2 Å². The first-order chi connectivity index (χ1) is 12.5. The van der Waals surface area contributed by atoms with Crippen LogP contribution in [0.1, 0.15) is 36.2 Å². The van der Waals surface area contributed by atoms with Crippen molar-refractivity contribution in [3.63, 3.8) is 0 Å². The highest BCUT2D eigenvalue weighted by molar-refractivity contribution is 5.37. The maximum Gasteiger partial charge on any atom is 0.141 e. The predicted molar refractivity (Wildman–Crippen MR) is 101 cm³/mol. The average Bonchev–Trinajstić information content (AvgIpc) is 3.03. The Morgan fingerprint density at radius 2 is 2.00 bits per heavy atom. The predicted octanol–water partition coefficient (Wildman–Crippen LogP) is 2.86. The van der Waals surface area contributed by atoms with Crippen LogP contribution in [-0.4, -0.2) is 39.8 Å². The minimum Gasteiger partial charge on any atom is -0.496 e. The molecule has 140 valence electrons. The number of aryl methyl sites for hydroxylation is 2. The van der Waals surface area contributed by atoms with E-state index in [1.165, 1.54) is 17.5 Å². The van der Waals surface area contributed by atoms with Gasteiger partial charge in [0.05, 0.1) is 7.11 Å². The minimum atomic E-state index is -0.802. The molecule has 0 spiro atoms. The maximum atomic E-state index is 11.7. The van der Waals surface area contributed by atoms with E-state index in [-0.39, 0.29) is 11.8 Å². The lowest BCUT2D eigenvalue weighted by molar-refractivity contribution is -0.155. The van der Waals surface area contributed by atoms with Crippen molar-refractivity contribution in [2.45, 2.75) is 38.3 Å². The van der Waals surface area contributed by atoms with Gasteiger partial charge in [-0.2, -0.15) is 0 Å². The fourth-order valence-corrected chi connectivity index (χ4v) is 5.06. The zero-order chi connectivity index (χ0) is 18.3. The van der Waals surface area contributed by atoms with Gasteiger partial charge in [0.2, 0.25) is 0 Å². The summed E-state index contributed by atoms with van der Waals surface area (Å²) in [7, 11) is 3.72. The molecule has 2 bridgehead atoms. The van der Waals surface area contributed by atoms with Gasteiger partial charge in [-0.1, -0.05) is 24.1 Å². The Morgan fingerprint density at radius 3 is 2.62 bits per heavy atom.